The van der Waals surface area contributed by atoms with Gasteiger partial charge < -0.3 is 48.5 Å². The van der Waals surface area contributed by atoms with Gasteiger partial charge in [0.05, 0.1) is 66.1 Å². The van der Waals surface area contributed by atoms with E-state index in [9.17, 15) is 9.59 Å². The first kappa shape index (κ1) is 36.5. The van der Waals surface area contributed by atoms with E-state index >= 15 is 0 Å². The second-order valence-electron chi connectivity index (χ2n) is 9.28. The van der Waals surface area contributed by atoms with Crippen LogP contribution in [0, 0.1) is 0 Å². The average Bonchev–Trinajstić information content (AvgIpc) is 3.46. The lowest BCUT2D eigenvalue weighted by Crippen LogP contribution is -2.36. The summed E-state index contributed by atoms with van der Waals surface area (Å²) in [6.07, 6.45) is 4.44. The molecule has 242 valence electrons. The summed E-state index contributed by atoms with van der Waals surface area (Å²) < 4.78 is 44.0. The first-order valence-electron chi connectivity index (χ1n) is 14.6. The molecule has 1 aliphatic heterocycles. The van der Waals surface area contributed by atoms with Crippen molar-refractivity contribution in [1.82, 2.24) is 10.6 Å². The molecule has 0 aliphatic carbocycles. The molecular formula is C28H47ClN2O10S. The van der Waals surface area contributed by atoms with Crippen molar-refractivity contribution < 1.29 is 47.5 Å². The molecule has 12 nitrogen and oxygen atoms in total. The normalized spacial score (nSPS) is 14.2. The van der Waals surface area contributed by atoms with Crippen LogP contribution in [0.15, 0.2) is 10.8 Å². The van der Waals surface area contributed by atoms with E-state index < -0.39 is 0 Å². The molecule has 0 aromatic carbocycles. The Morgan fingerprint density at radius 1 is 0.738 bits per heavy atom. The number of carbonyl (C=O) groups excluding carboxylic acids is 2. The largest absolute Gasteiger partial charge is 0.485 e. The van der Waals surface area contributed by atoms with E-state index in [1.165, 1.54) is 11.3 Å². The monoisotopic (exact) mass is 638 g/mol. The van der Waals surface area contributed by atoms with E-state index in [4.69, 9.17) is 49.5 Å². The maximum absolute atomic E-state index is 11.9. The molecule has 42 heavy (non-hydrogen) atoms. The minimum absolute atomic E-state index is 0.0533. The van der Waals surface area contributed by atoms with Crippen LogP contribution in [-0.2, 0) is 38.0 Å². The zero-order valence-electron chi connectivity index (χ0n) is 24.4. The van der Waals surface area contributed by atoms with E-state index in [0.717, 1.165) is 43.9 Å². The Bertz CT molecular complexity index is 819. The molecule has 1 aromatic heterocycles. The third-order valence-corrected chi connectivity index (χ3v) is 6.71. The molecule has 0 fully saturated rings. The molecule has 0 saturated carbocycles. The molecule has 2 rings (SSSR count). The fourth-order valence-corrected chi connectivity index (χ4v) is 4.43. The summed E-state index contributed by atoms with van der Waals surface area (Å²) in [4.78, 5) is 23.7. The zero-order valence-corrected chi connectivity index (χ0v) is 26.0. The number of fused-ring (bicyclic) bond motifs is 1. The average molecular weight is 639 g/mol. The molecule has 2 N–H and O–H groups in total. The summed E-state index contributed by atoms with van der Waals surface area (Å²) in [7, 11) is 0. The highest BCUT2D eigenvalue weighted by molar-refractivity contribution is 7.08. The molecule has 0 bridgehead atoms. The van der Waals surface area contributed by atoms with Crippen LogP contribution in [0.3, 0.4) is 0 Å². The molecule has 0 saturated heterocycles. The van der Waals surface area contributed by atoms with Gasteiger partial charge in [0.15, 0.2) is 17.6 Å². The van der Waals surface area contributed by atoms with Gasteiger partial charge in [-0.15, -0.1) is 22.9 Å². The van der Waals surface area contributed by atoms with Crippen molar-refractivity contribution in [2.75, 3.05) is 105 Å². The fourth-order valence-electron chi connectivity index (χ4n) is 3.57. The topological polar surface area (TPSA) is 132 Å². The highest BCUT2D eigenvalue weighted by atomic mass is 35.5. The molecule has 2 heterocycles. The van der Waals surface area contributed by atoms with Crippen molar-refractivity contribution in [2.24, 2.45) is 0 Å². The highest BCUT2D eigenvalue weighted by Crippen LogP contribution is 2.35. The first-order valence-corrected chi connectivity index (χ1v) is 16.1. The van der Waals surface area contributed by atoms with Gasteiger partial charge in [-0.2, -0.15) is 0 Å². The lowest BCUT2D eigenvalue weighted by molar-refractivity contribution is -0.127. The maximum atomic E-state index is 11.9. The van der Waals surface area contributed by atoms with E-state index in [2.05, 4.69) is 10.6 Å². The van der Waals surface area contributed by atoms with E-state index in [0.29, 0.717) is 84.9 Å². The fraction of sp³-hybridized carbons (Fsp3) is 0.786. The van der Waals surface area contributed by atoms with Crippen molar-refractivity contribution in [3.05, 3.63) is 10.8 Å². The van der Waals surface area contributed by atoms with Crippen molar-refractivity contribution in [3.63, 3.8) is 0 Å². The Morgan fingerprint density at radius 2 is 1.33 bits per heavy atom. The number of unbranched alkanes of at least 4 members (excludes halogenated alkanes) is 3. The third kappa shape index (κ3) is 19.5. The Morgan fingerprint density at radius 3 is 2.05 bits per heavy atom. The van der Waals surface area contributed by atoms with Gasteiger partial charge in [-0.3, -0.25) is 9.59 Å². The van der Waals surface area contributed by atoms with Crippen LogP contribution in [0.4, 0.5) is 0 Å². The van der Waals surface area contributed by atoms with Crippen molar-refractivity contribution in [3.8, 4) is 11.5 Å². The molecular weight excluding hydrogens is 592 g/mol. The van der Waals surface area contributed by atoms with Gasteiger partial charge in [0.1, 0.15) is 13.2 Å². The SMILES string of the molecule is O=C(CCOCCOCCOCCNC(=O)COCC1COc2cscc2O1)NCCOCCOCCCCCCCl. The maximum Gasteiger partial charge on any atom is 0.246 e. The van der Waals surface area contributed by atoms with Crippen LogP contribution in [-0.4, -0.2) is 123 Å². The molecule has 1 aromatic rings. The molecule has 1 atom stereocenters. The number of nitrogens with one attached hydrogen (secondary N) is 2. The second-order valence-corrected chi connectivity index (χ2v) is 10.4. The van der Waals surface area contributed by atoms with E-state index in [-0.39, 0.29) is 37.6 Å². The lowest BCUT2D eigenvalue weighted by atomic mass is 10.2. The summed E-state index contributed by atoms with van der Waals surface area (Å²) in [6, 6.07) is 0. The summed E-state index contributed by atoms with van der Waals surface area (Å²) >= 11 is 7.16. The molecule has 2 amide bonds. The van der Waals surface area contributed by atoms with Gasteiger partial charge in [-0.25, -0.2) is 0 Å². The predicted octanol–water partition coefficient (Wildman–Crippen LogP) is 2.41. The minimum Gasteiger partial charge on any atom is -0.485 e. The molecule has 0 radical (unpaired) electrons. The summed E-state index contributed by atoms with van der Waals surface area (Å²) in [5, 5.41) is 9.30. The number of amides is 2. The second kappa shape index (κ2) is 25.8. The van der Waals surface area contributed by atoms with E-state index in [1.54, 1.807) is 0 Å². The van der Waals surface area contributed by atoms with Crippen LogP contribution in [0.5, 0.6) is 11.5 Å². The van der Waals surface area contributed by atoms with Crippen molar-refractivity contribution >= 4 is 34.8 Å². The van der Waals surface area contributed by atoms with Crippen molar-refractivity contribution in [2.45, 2.75) is 38.2 Å². The van der Waals surface area contributed by atoms with Gasteiger partial charge in [0, 0.05) is 42.8 Å². The number of halogens is 1. The number of rotatable bonds is 28. The lowest BCUT2D eigenvalue weighted by Gasteiger charge is -2.24. The quantitative estimate of drug-likeness (QED) is 0.104. The smallest absolute Gasteiger partial charge is 0.246 e. The minimum atomic E-state index is -0.230. The van der Waals surface area contributed by atoms with Crippen molar-refractivity contribution in [1.29, 1.82) is 0 Å². The highest BCUT2D eigenvalue weighted by Gasteiger charge is 2.22. The number of carbonyl (C=O) groups is 2. The summed E-state index contributed by atoms with van der Waals surface area (Å²) in [6.45, 7) is 6.04. The standard InChI is InChI=1S/C28H47ClN2O10S/c29-6-3-1-2-4-9-34-13-15-36-11-7-30-27(32)5-10-35-14-17-38-18-16-37-12-8-31-28(33)21-39-19-24-20-40-25-22-42-23-26(25)41-24/h22-24H,1-21H2,(H,30,32)(H,31,33). The third-order valence-electron chi connectivity index (χ3n) is 5.75. The molecule has 14 heteroatoms. The van der Waals surface area contributed by atoms with Gasteiger partial charge in [0.2, 0.25) is 11.8 Å². The van der Waals surface area contributed by atoms with Gasteiger partial charge in [-0.05, 0) is 12.8 Å². The number of thiophene rings is 1. The number of hydrogen-bond donors (Lipinski definition) is 2. The van der Waals surface area contributed by atoms with Crippen LogP contribution >= 0.6 is 22.9 Å². The summed E-state index contributed by atoms with van der Waals surface area (Å²) in [5.41, 5.74) is 0. The first-order chi connectivity index (χ1) is 20.7. The number of ether oxygens (including phenoxy) is 8. The van der Waals surface area contributed by atoms with E-state index in [1.807, 2.05) is 10.8 Å². The predicted molar refractivity (Wildman–Crippen MR) is 159 cm³/mol. The van der Waals surface area contributed by atoms with Crippen LogP contribution in [0.1, 0.15) is 32.1 Å². The Kier molecular flexibility index (Phi) is 22.4. The van der Waals surface area contributed by atoms with Gasteiger partial charge in [-0.1, -0.05) is 12.8 Å². The molecule has 0 spiro atoms. The van der Waals surface area contributed by atoms with Crippen LogP contribution < -0.4 is 20.1 Å². The van der Waals surface area contributed by atoms with Gasteiger partial charge in [0.25, 0.3) is 0 Å². The Hall–Kier alpha value is -1.71. The number of alkyl halides is 1. The van der Waals surface area contributed by atoms with Gasteiger partial charge >= 0.3 is 0 Å². The zero-order chi connectivity index (χ0) is 29.9. The molecule has 1 aliphatic rings. The summed E-state index contributed by atoms with van der Waals surface area (Å²) in [5.74, 6) is 1.89. The Balaban J connectivity index is 1.23. The molecule has 1 unspecified atom stereocenters. The number of hydrogen-bond acceptors (Lipinski definition) is 11. The van der Waals surface area contributed by atoms with Crippen LogP contribution in [0.2, 0.25) is 0 Å². The van der Waals surface area contributed by atoms with Crippen LogP contribution in [0.25, 0.3) is 0 Å². The Labute approximate surface area is 257 Å².